The maximum Gasteiger partial charge on any atom is 0.298 e. The Morgan fingerprint density at radius 3 is 2.55 bits per heavy atom. The number of hydrogen-bond acceptors (Lipinski definition) is 6. The zero-order chi connectivity index (χ0) is 30.8. The van der Waals surface area contributed by atoms with E-state index in [1.807, 2.05) is 16.9 Å². The monoisotopic (exact) mass is 619 g/mol. The highest BCUT2D eigenvalue weighted by Crippen LogP contribution is 2.66. The van der Waals surface area contributed by atoms with E-state index in [4.69, 9.17) is 9.88 Å². The van der Waals surface area contributed by atoms with Gasteiger partial charge >= 0.3 is 0 Å². The van der Waals surface area contributed by atoms with Gasteiger partial charge in [0.05, 0.1) is 18.2 Å². The van der Waals surface area contributed by atoms with Crippen LogP contribution in [0, 0.1) is 5.41 Å². The zero-order valence-electron chi connectivity index (χ0n) is 25.5. The molecule has 3 N–H and O–H groups in total. The maximum atomic E-state index is 14.6. The predicted molar refractivity (Wildman–Crippen MR) is 169 cm³/mol. The van der Waals surface area contributed by atoms with E-state index in [1.165, 1.54) is 12.0 Å². The minimum atomic E-state index is -4.22. The summed E-state index contributed by atoms with van der Waals surface area (Å²) in [4.78, 5) is 31.9. The number of carbonyl (C=O) groups is 2. The molecule has 0 spiro atoms. The van der Waals surface area contributed by atoms with Gasteiger partial charge in [-0.2, -0.15) is 8.42 Å². The first-order valence-electron chi connectivity index (χ1n) is 15.8. The van der Waals surface area contributed by atoms with Crippen molar-refractivity contribution in [2.24, 2.45) is 10.6 Å². The van der Waals surface area contributed by atoms with E-state index < -0.39 is 21.5 Å². The van der Waals surface area contributed by atoms with Crippen LogP contribution in [-0.4, -0.2) is 74.9 Å². The second-order valence-corrected chi connectivity index (χ2v) is 14.5. The van der Waals surface area contributed by atoms with Crippen LogP contribution in [0.2, 0.25) is 0 Å². The Labute approximate surface area is 258 Å². The van der Waals surface area contributed by atoms with Crippen molar-refractivity contribution in [3.63, 3.8) is 0 Å². The van der Waals surface area contributed by atoms with Gasteiger partial charge < -0.3 is 19.1 Å². The number of nitrogens with one attached hydrogen (secondary N) is 1. The smallest absolute Gasteiger partial charge is 0.298 e. The van der Waals surface area contributed by atoms with Gasteiger partial charge in [0, 0.05) is 54.1 Å². The van der Waals surface area contributed by atoms with Crippen LogP contribution in [0.5, 0.6) is 5.75 Å². The summed E-state index contributed by atoms with van der Waals surface area (Å²) in [7, 11) is -0.438. The molecule has 1 saturated heterocycles. The fourth-order valence-electron chi connectivity index (χ4n) is 8.17. The molecule has 44 heavy (non-hydrogen) atoms. The SMILES string of the molecule is COc1ccc2c(c1)[C@@H]1CC1(C(=O)N1CCCN(C)CC1)Cn1c-2c(C2CCCCC2)c2ccc(C(=O)NS(N)(=O)=O)cc21. The Balaban J connectivity index is 1.44. The number of fused-ring (bicyclic) bond motifs is 7. The first kappa shape index (κ1) is 29.3. The number of hydrogen-bond donors (Lipinski definition) is 2. The highest BCUT2D eigenvalue weighted by molar-refractivity contribution is 7.87. The van der Waals surface area contributed by atoms with Crippen LogP contribution in [0.3, 0.4) is 0 Å². The number of amides is 2. The lowest BCUT2D eigenvalue weighted by Gasteiger charge is -2.27. The Bertz CT molecular complexity index is 1760. The molecule has 1 aromatic heterocycles. The quantitative estimate of drug-likeness (QED) is 0.446. The van der Waals surface area contributed by atoms with Crippen molar-refractivity contribution in [2.75, 3.05) is 40.3 Å². The highest BCUT2D eigenvalue weighted by Gasteiger charge is 2.63. The van der Waals surface area contributed by atoms with E-state index in [2.05, 4.69) is 33.5 Å². The Kier molecular flexibility index (Phi) is 7.25. The molecule has 11 heteroatoms. The third-order valence-electron chi connectivity index (χ3n) is 10.5. The molecule has 10 nitrogen and oxygen atoms in total. The zero-order valence-corrected chi connectivity index (χ0v) is 26.3. The topological polar surface area (TPSA) is 127 Å². The van der Waals surface area contributed by atoms with Crippen molar-refractivity contribution in [2.45, 2.75) is 63.3 Å². The van der Waals surface area contributed by atoms with E-state index in [0.29, 0.717) is 19.0 Å². The van der Waals surface area contributed by atoms with Crippen LogP contribution in [0.25, 0.3) is 22.2 Å². The molecule has 234 valence electrons. The third-order valence-corrected chi connectivity index (χ3v) is 10.9. The Morgan fingerprint density at radius 1 is 1.00 bits per heavy atom. The summed E-state index contributed by atoms with van der Waals surface area (Å²) >= 11 is 0. The number of carbonyl (C=O) groups excluding carboxylic acids is 2. The summed E-state index contributed by atoms with van der Waals surface area (Å²) < 4.78 is 33.3. The molecule has 4 aliphatic rings. The van der Waals surface area contributed by atoms with Crippen molar-refractivity contribution >= 4 is 32.9 Å². The Hall–Kier alpha value is -3.41. The van der Waals surface area contributed by atoms with Gasteiger partial charge in [-0.3, -0.25) is 9.59 Å². The van der Waals surface area contributed by atoms with E-state index in [-0.39, 0.29) is 17.4 Å². The van der Waals surface area contributed by atoms with E-state index in [9.17, 15) is 18.0 Å². The van der Waals surface area contributed by atoms with Gasteiger partial charge in [-0.25, -0.2) is 9.86 Å². The van der Waals surface area contributed by atoms with Crippen LogP contribution in [0.1, 0.15) is 78.3 Å². The standard InChI is InChI=1S/C33H41N5O5S/c1-36-13-6-14-37(16-15-36)32(40)33-19-27(33)26-18-23(43-2)10-12-24(26)30-29(21-7-4-3-5-8-21)25-11-9-22(17-28(25)38(30)20-33)31(39)35-44(34,41)42/h9-12,17-18,21,27H,3-8,13-16,19-20H2,1-2H3,(H,35,39)(H2,34,41,42)/t27-,33?/m0/s1. The maximum absolute atomic E-state index is 14.6. The summed E-state index contributed by atoms with van der Waals surface area (Å²) in [5.74, 6) is 0.613. The third kappa shape index (κ3) is 4.98. The second-order valence-electron chi connectivity index (χ2n) is 13.2. The molecule has 3 heterocycles. The van der Waals surface area contributed by atoms with Gasteiger partial charge in [0.1, 0.15) is 5.75 Å². The number of benzene rings is 2. The number of aromatic nitrogens is 1. The molecule has 2 aliphatic heterocycles. The first-order chi connectivity index (χ1) is 21.1. The fourth-order valence-corrected chi connectivity index (χ4v) is 8.55. The van der Waals surface area contributed by atoms with Crippen LogP contribution < -0.4 is 14.6 Å². The summed E-state index contributed by atoms with van der Waals surface area (Å²) in [6.07, 6.45) is 7.41. The van der Waals surface area contributed by atoms with Crippen molar-refractivity contribution in [3.8, 4) is 17.0 Å². The number of nitrogens with two attached hydrogens (primary N) is 1. The number of ether oxygens (including phenoxy) is 1. The van der Waals surface area contributed by atoms with Gasteiger partial charge in [-0.05, 0) is 86.7 Å². The Morgan fingerprint density at radius 2 is 1.80 bits per heavy atom. The van der Waals surface area contributed by atoms with Crippen molar-refractivity contribution in [1.29, 1.82) is 0 Å². The molecule has 2 saturated carbocycles. The molecule has 0 radical (unpaired) electrons. The first-order valence-corrected chi connectivity index (χ1v) is 17.3. The summed E-state index contributed by atoms with van der Waals surface area (Å²) in [6.45, 7) is 3.77. The lowest BCUT2D eigenvalue weighted by molar-refractivity contribution is -0.137. The summed E-state index contributed by atoms with van der Waals surface area (Å²) in [5.41, 5.74) is 5.10. The molecule has 3 aromatic rings. The summed E-state index contributed by atoms with van der Waals surface area (Å²) in [5, 5.41) is 6.20. The molecular weight excluding hydrogens is 578 g/mol. The van der Waals surface area contributed by atoms with Gasteiger partial charge in [-0.15, -0.1) is 0 Å². The molecule has 3 fully saturated rings. The van der Waals surface area contributed by atoms with E-state index in [1.54, 1.807) is 19.2 Å². The molecule has 2 amide bonds. The number of methoxy groups -OCH3 is 1. The highest BCUT2D eigenvalue weighted by atomic mass is 32.2. The van der Waals surface area contributed by atoms with Crippen LogP contribution in [0.4, 0.5) is 0 Å². The lowest BCUT2D eigenvalue weighted by atomic mass is 9.81. The predicted octanol–water partition coefficient (Wildman–Crippen LogP) is 3.95. The molecule has 2 aromatic carbocycles. The molecular formula is C33H41N5O5S. The van der Waals surface area contributed by atoms with Crippen molar-refractivity contribution in [1.82, 2.24) is 19.1 Å². The fraction of sp³-hybridized carbons (Fsp3) is 0.515. The van der Waals surface area contributed by atoms with Crippen LogP contribution in [0.15, 0.2) is 36.4 Å². The van der Waals surface area contributed by atoms with Crippen molar-refractivity contribution in [3.05, 3.63) is 53.1 Å². The van der Waals surface area contributed by atoms with Crippen LogP contribution in [-0.2, 0) is 21.5 Å². The minimum Gasteiger partial charge on any atom is -0.497 e. The molecule has 1 unspecified atom stereocenters. The second kappa shape index (κ2) is 10.9. The van der Waals surface area contributed by atoms with Gasteiger partial charge in [0.2, 0.25) is 5.91 Å². The number of likely N-dealkylation sites (N-methyl/N-ethyl adjacent to an activating group) is 1. The number of rotatable bonds is 5. The van der Waals surface area contributed by atoms with Gasteiger partial charge in [-0.1, -0.05) is 25.3 Å². The van der Waals surface area contributed by atoms with E-state index in [0.717, 1.165) is 91.6 Å². The van der Waals surface area contributed by atoms with Gasteiger partial charge in [0.25, 0.3) is 16.1 Å². The number of nitrogens with zero attached hydrogens (tertiary/aromatic N) is 3. The molecule has 2 aliphatic carbocycles. The average molecular weight is 620 g/mol. The van der Waals surface area contributed by atoms with Gasteiger partial charge in [0.15, 0.2) is 0 Å². The normalized spacial score (nSPS) is 24.1. The van der Waals surface area contributed by atoms with E-state index >= 15 is 0 Å². The molecule has 7 rings (SSSR count). The molecule has 0 bridgehead atoms. The lowest BCUT2D eigenvalue weighted by Crippen LogP contribution is -2.41. The van der Waals surface area contributed by atoms with Crippen LogP contribution >= 0.6 is 0 Å². The minimum absolute atomic E-state index is 0.0594. The summed E-state index contributed by atoms with van der Waals surface area (Å²) in [6, 6.07) is 11.7. The largest absolute Gasteiger partial charge is 0.497 e. The molecule has 2 atom stereocenters. The van der Waals surface area contributed by atoms with Crippen molar-refractivity contribution < 1.29 is 22.7 Å². The average Bonchev–Trinajstić information content (AvgIpc) is 3.72.